The van der Waals surface area contributed by atoms with Crippen molar-refractivity contribution in [2.45, 2.75) is 19.4 Å². The number of aliphatic hydroxyl groups is 1. The van der Waals surface area contributed by atoms with Crippen molar-refractivity contribution in [2.75, 3.05) is 33.7 Å². The zero-order valence-electron chi connectivity index (χ0n) is 13.8. The SMILES string of the molecule is CN(C)C(=O)NCC(=O)N1CC[C@H](Cc2cccc(CO)c2)C1. The average Bonchev–Trinajstić information content (AvgIpc) is 3.00. The number of hydrogen-bond acceptors (Lipinski definition) is 3. The van der Waals surface area contributed by atoms with Crippen molar-refractivity contribution >= 4 is 11.9 Å². The lowest BCUT2D eigenvalue weighted by Crippen LogP contribution is -2.42. The fourth-order valence-corrected chi connectivity index (χ4v) is 2.84. The Morgan fingerprint density at radius 1 is 1.35 bits per heavy atom. The molecule has 0 aliphatic carbocycles. The number of amides is 3. The van der Waals surface area contributed by atoms with E-state index in [1.807, 2.05) is 23.1 Å². The first-order valence-corrected chi connectivity index (χ1v) is 7.91. The molecule has 0 bridgehead atoms. The van der Waals surface area contributed by atoms with Crippen LogP contribution in [0.3, 0.4) is 0 Å². The number of aliphatic hydroxyl groups excluding tert-OH is 1. The first-order chi connectivity index (χ1) is 11.0. The zero-order valence-corrected chi connectivity index (χ0v) is 13.8. The summed E-state index contributed by atoms with van der Waals surface area (Å²) in [6.07, 6.45) is 1.87. The molecular weight excluding hydrogens is 294 g/mol. The Bertz CT molecular complexity index is 560. The molecule has 0 spiro atoms. The van der Waals surface area contributed by atoms with Crippen LogP contribution in [-0.2, 0) is 17.8 Å². The number of urea groups is 1. The smallest absolute Gasteiger partial charge is 0.317 e. The predicted octanol–water partition coefficient (Wildman–Crippen LogP) is 0.841. The first kappa shape index (κ1) is 17.3. The molecule has 6 nitrogen and oxygen atoms in total. The molecule has 23 heavy (non-hydrogen) atoms. The normalized spacial score (nSPS) is 17.2. The van der Waals surface area contributed by atoms with Crippen molar-refractivity contribution in [3.8, 4) is 0 Å². The van der Waals surface area contributed by atoms with Crippen LogP contribution in [0.4, 0.5) is 4.79 Å². The van der Waals surface area contributed by atoms with Crippen molar-refractivity contribution < 1.29 is 14.7 Å². The van der Waals surface area contributed by atoms with Gasteiger partial charge in [-0.1, -0.05) is 24.3 Å². The molecule has 0 saturated carbocycles. The lowest BCUT2D eigenvalue weighted by Gasteiger charge is -2.18. The third-order valence-corrected chi connectivity index (χ3v) is 4.13. The maximum absolute atomic E-state index is 12.1. The molecule has 0 aromatic heterocycles. The first-order valence-electron chi connectivity index (χ1n) is 7.91. The number of likely N-dealkylation sites (tertiary alicyclic amines) is 1. The van der Waals surface area contributed by atoms with Gasteiger partial charge in [0.15, 0.2) is 0 Å². The van der Waals surface area contributed by atoms with Gasteiger partial charge in [-0.2, -0.15) is 0 Å². The van der Waals surface area contributed by atoms with Crippen molar-refractivity contribution in [3.63, 3.8) is 0 Å². The van der Waals surface area contributed by atoms with Gasteiger partial charge in [0.25, 0.3) is 0 Å². The van der Waals surface area contributed by atoms with Crippen LogP contribution in [0, 0.1) is 5.92 Å². The lowest BCUT2D eigenvalue weighted by molar-refractivity contribution is -0.129. The quantitative estimate of drug-likeness (QED) is 0.845. The molecule has 1 aromatic rings. The molecule has 3 amide bonds. The van der Waals surface area contributed by atoms with Gasteiger partial charge >= 0.3 is 6.03 Å². The van der Waals surface area contributed by atoms with E-state index in [0.717, 1.165) is 31.5 Å². The van der Waals surface area contributed by atoms with Crippen LogP contribution in [0.15, 0.2) is 24.3 Å². The van der Waals surface area contributed by atoms with E-state index in [1.54, 1.807) is 14.1 Å². The van der Waals surface area contributed by atoms with Crippen LogP contribution in [0.5, 0.6) is 0 Å². The van der Waals surface area contributed by atoms with Crippen LogP contribution in [0.25, 0.3) is 0 Å². The Labute approximate surface area is 137 Å². The number of nitrogens with zero attached hydrogens (tertiary/aromatic N) is 2. The zero-order chi connectivity index (χ0) is 16.8. The molecule has 1 aliphatic heterocycles. The molecular formula is C17H25N3O3. The van der Waals surface area contributed by atoms with Crippen LogP contribution in [0.2, 0.25) is 0 Å². The van der Waals surface area contributed by atoms with E-state index in [9.17, 15) is 14.7 Å². The standard InChI is InChI=1S/C17H25N3O3/c1-19(2)17(23)18-10-16(22)20-7-6-14(11-20)8-13-4-3-5-15(9-13)12-21/h3-5,9,14,21H,6-8,10-12H2,1-2H3,(H,18,23)/t14-/m1/s1. The van der Waals surface area contributed by atoms with Gasteiger partial charge in [0, 0.05) is 27.2 Å². The fourth-order valence-electron chi connectivity index (χ4n) is 2.84. The summed E-state index contributed by atoms with van der Waals surface area (Å²) in [6.45, 7) is 1.56. The number of carbonyl (C=O) groups excluding carboxylic acids is 2. The van der Waals surface area contributed by atoms with Crippen molar-refractivity contribution in [1.29, 1.82) is 0 Å². The van der Waals surface area contributed by atoms with E-state index in [4.69, 9.17) is 0 Å². The van der Waals surface area contributed by atoms with Gasteiger partial charge in [-0.25, -0.2) is 4.79 Å². The molecule has 2 rings (SSSR count). The average molecular weight is 319 g/mol. The molecule has 0 unspecified atom stereocenters. The maximum atomic E-state index is 12.1. The lowest BCUT2D eigenvalue weighted by atomic mass is 9.97. The molecule has 2 N–H and O–H groups in total. The minimum Gasteiger partial charge on any atom is -0.392 e. The van der Waals surface area contributed by atoms with E-state index >= 15 is 0 Å². The van der Waals surface area contributed by atoms with Gasteiger partial charge in [0.05, 0.1) is 13.2 Å². The molecule has 126 valence electrons. The van der Waals surface area contributed by atoms with Gasteiger partial charge in [0.1, 0.15) is 0 Å². The summed E-state index contributed by atoms with van der Waals surface area (Å²) in [7, 11) is 3.29. The van der Waals surface area contributed by atoms with Gasteiger partial charge in [0.2, 0.25) is 5.91 Å². The van der Waals surface area contributed by atoms with E-state index < -0.39 is 0 Å². The molecule has 6 heteroatoms. The highest BCUT2D eigenvalue weighted by Gasteiger charge is 2.26. The Balaban J connectivity index is 1.81. The number of rotatable bonds is 5. The van der Waals surface area contributed by atoms with Gasteiger partial charge in [-0.15, -0.1) is 0 Å². The summed E-state index contributed by atoms with van der Waals surface area (Å²) >= 11 is 0. The highest BCUT2D eigenvalue weighted by Crippen LogP contribution is 2.21. The Kier molecular flexibility index (Phi) is 5.98. The summed E-state index contributed by atoms with van der Waals surface area (Å²) in [5, 5.41) is 11.8. The Hall–Kier alpha value is -2.08. The highest BCUT2D eigenvalue weighted by atomic mass is 16.3. The summed E-state index contributed by atoms with van der Waals surface area (Å²) < 4.78 is 0. The van der Waals surface area contributed by atoms with Crippen LogP contribution >= 0.6 is 0 Å². The van der Waals surface area contributed by atoms with Crippen LogP contribution in [0.1, 0.15) is 17.5 Å². The number of nitrogens with one attached hydrogen (secondary N) is 1. The Morgan fingerprint density at radius 2 is 2.09 bits per heavy atom. The maximum Gasteiger partial charge on any atom is 0.317 e. The van der Waals surface area contributed by atoms with E-state index in [-0.39, 0.29) is 25.1 Å². The monoisotopic (exact) mass is 319 g/mol. The summed E-state index contributed by atoms with van der Waals surface area (Å²) in [5.41, 5.74) is 2.11. The molecule has 1 fully saturated rings. The van der Waals surface area contributed by atoms with E-state index in [1.165, 1.54) is 10.5 Å². The predicted molar refractivity (Wildman–Crippen MR) is 87.8 cm³/mol. The van der Waals surface area contributed by atoms with Crippen molar-refractivity contribution in [1.82, 2.24) is 15.1 Å². The fraction of sp³-hybridized carbons (Fsp3) is 0.529. The molecule has 1 saturated heterocycles. The number of hydrogen-bond donors (Lipinski definition) is 2. The van der Waals surface area contributed by atoms with Crippen molar-refractivity contribution in [3.05, 3.63) is 35.4 Å². The second-order valence-corrected chi connectivity index (χ2v) is 6.23. The number of carbonyl (C=O) groups is 2. The van der Waals surface area contributed by atoms with Gasteiger partial charge in [-0.3, -0.25) is 4.79 Å². The van der Waals surface area contributed by atoms with E-state index in [0.29, 0.717) is 5.92 Å². The second kappa shape index (κ2) is 7.97. The topological polar surface area (TPSA) is 72.9 Å². The molecule has 1 aromatic carbocycles. The second-order valence-electron chi connectivity index (χ2n) is 6.23. The highest BCUT2D eigenvalue weighted by molar-refractivity contribution is 5.84. The van der Waals surface area contributed by atoms with Crippen molar-refractivity contribution in [2.24, 2.45) is 5.92 Å². The summed E-state index contributed by atoms with van der Waals surface area (Å²) in [5.74, 6) is 0.393. The third kappa shape index (κ3) is 4.96. The summed E-state index contributed by atoms with van der Waals surface area (Å²) in [6, 6.07) is 7.68. The number of benzene rings is 1. The van der Waals surface area contributed by atoms with E-state index in [2.05, 4.69) is 11.4 Å². The minimum atomic E-state index is -0.255. The molecule has 1 atom stereocenters. The minimum absolute atomic E-state index is 0.0354. The van der Waals surface area contributed by atoms with Crippen LogP contribution in [-0.4, -0.2) is 60.6 Å². The summed E-state index contributed by atoms with van der Waals surface area (Å²) in [4.78, 5) is 26.8. The third-order valence-electron chi connectivity index (χ3n) is 4.13. The molecule has 0 radical (unpaired) electrons. The largest absolute Gasteiger partial charge is 0.392 e. The van der Waals surface area contributed by atoms with Gasteiger partial charge < -0.3 is 20.2 Å². The van der Waals surface area contributed by atoms with Crippen LogP contribution < -0.4 is 5.32 Å². The molecule has 1 aliphatic rings. The van der Waals surface area contributed by atoms with Gasteiger partial charge in [-0.05, 0) is 29.9 Å². The molecule has 1 heterocycles. The Morgan fingerprint density at radius 3 is 2.78 bits per heavy atom.